The molecule has 2 rings (SSSR count). The molecule has 1 N–H and O–H groups in total. The number of rotatable bonds is 4. The first-order valence-electron chi connectivity index (χ1n) is 7.03. The van der Waals surface area contributed by atoms with Gasteiger partial charge in [0.2, 0.25) is 0 Å². The smallest absolute Gasteiger partial charge is 0.0551 e. The Morgan fingerprint density at radius 3 is 2.44 bits per heavy atom. The SMILES string of the molecule is CCNC(c1cc(C)cc(C)c1)C1COC(C)C1. The molecule has 2 heteroatoms. The molecule has 0 bridgehead atoms. The lowest BCUT2D eigenvalue weighted by Gasteiger charge is -2.24. The zero-order valence-corrected chi connectivity index (χ0v) is 12.0. The maximum absolute atomic E-state index is 5.73. The lowest BCUT2D eigenvalue weighted by molar-refractivity contribution is 0.117. The monoisotopic (exact) mass is 247 g/mol. The molecule has 3 atom stereocenters. The first-order valence-corrected chi connectivity index (χ1v) is 7.03. The minimum atomic E-state index is 0.405. The number of benzene rings is 1. The van der Waals surface area contributed by atoms with Crippen LogP contribution in [0.4, 0.5) is 0 Å². The van der Waals surface area contributed by atoms with Crippen molar-refractivity contribution in [2.24, 2.45) is 5.92 Å². The van der Waals surface area contributed by atoms with Crippen LogP contribution in [-0.2, 0) is 4.74 Å². The van der Waals surface area contributed by atoms with Crippen molar-refractivity contribution in [2.45, 2.75) is 46.3 Å². The van der Waals surface area contributed by atoms with Gasteiger partial charge in [-0.15, -0.1) is 0 Å². The van der Waals surface area contributed by atoms with Crippen LogP contribution in [0.2, 0.25) is 0 Å². The maximum atomic E-state index is 5.73. The van der Waals surface area contributed by atoms with E-state index < -0.39 is 0 Å². The lowest BCUT2D eigenvalue weighted by atomic mass is 9.89. The van der Waals surface area contributed by atoms with Crippen LogP contribution in [0.1, 0.15) is 43.0 Å². The highest BCUT2D eigenvalue weighted by Crippen LogP contribution is 2.32. The Bertz CT molecular complexity index is 382. The molecule has 0 saturated carbocycles. The van der Waals surface area contributed by atoms with Crippen LogP contribution in [0.15, 0.2) is 18.2 Å². The second-order valence-electron chi connectivity index (χ2n) is 5.60. The minimum Gasteiger partial charge on any atom is -0.378 e. The predicted molar refractivity (Wildman–Crippen MR) is 75.9 cm³/mol. The summed E-state index contributed by atoms with van der Waals surface area (Å²) in [6, 6.07) is 7.28. The van der Waals surface area contributed by atoms with E-state index in [0.717, 1.165) is 19.6 Å². The van der Waals surface area contributed by atoms with E-state index in [1.807, 2.05) is 0 Å². The van der Waals surface area contributed by atoms with Gasteiger partial charge < -0.3 is 10.1 Å². The van der Waals surface area contributed by atoms with Crippen molar-refractivity contribution in [3.05, 3.63) is 34.9 Å². The second kappa shape index (κ2) is 5.85. The minimum absolute atomic E-state index is 0.405. The Morgan fingerprint density at radius 2 is 1.94 bits per heavy atom. The Kier molecular flexibility index (Phi) is 4.41. The molecule has 2 nitrogen and oxygen atoms in total. The first kappa shape index (κ1) is 13.6. The van der Waals surface area contributed by atoms with Crippen LogP contribution in [0, 0.1) is 19.8 Å². The highest BCUT2D eigenvalue weighted by atomic mass is 16.5. The van der Waals surface area contributed by atoms with E-state index >= 15 is 0 Å². The van der Waals surface area contributed by atoms with Crippen LogP contribution in [0.25, 0.3) is 0 Å². The van der Waals surface area contributed by atoms with Gasteiger partial charge >= 0.3 is 0 Å². The zero-order chi connectivity index (χ0) is 13.1. The standard InChI is InChI=1S/C16H25NO/c1-5-17-16(15-9-13(4)18-10-15)14-7-11(2)6-12(3)8-14/h6-8,13,15-17H,5,9-10H2,1-4H3. The molecule has 0 aromatic heterocycles. The largest absolute Gasteiger partial charge is 0.378 e. The molecule has 18 heavy (non-hydrogen) atoms. The topological polar surface area (TPSA) is 21.3 Å². The van der Waals surface area contributed by atoms with E-state index in [0.29, 0.717) is 18.1 Å². The van der Waals surface area contributed by atoms with Gasteiger partial charge in [-0.05, 0) is 39.3 Å². The van der Waals surface area contributed by atoms with Gasteiger partial charge in [-0.2, -0.15) is 0 Å². The van der Waals surface area contributed by atoms with Gasteiger partial charge in [0.1, 0.15) is 0 Å². The summed E-state index contributed by atoms with van der Waals surface area (Å²) in [6.45, 7) is 10.6. The van der Waals surface area contributed by atoms with Crippen LogP contribution in [0.3, 0.4) is 0 Å². The fourth-order valence-corrected chi connectivity index (χ4v) is 3.05. The van der Waals surface area contributed by atoms with E-state index in [2.05, 4.69) is 51.2 Å². The van der Waals surface area contributed by atoms with Crippen molar-refractivity contribution in [3.63, 3.8) is 0 Å². The molecule has 1 fully saturated rings. The van der Waals surface area contributed by atoms with Gasteiger partial charge in [-0.3, -0.25) is 0 Å². The number of hydrogen-bond acceptors (Lipinski definition) is 2. The Balaban J connectivity index is 2.23. The molecule has 0 radical (unpaired) electrons. The van der Waals surface area contributed by atoms with Gasteiger partial charge in [-0.25, -0.2) is 0 Å². The Morgan fingerprint density at radius 1 is 1.28 bits per heavy atom. The summed E-state index contributed by atoms with van der Waals surface area (Å²) in [5.74, 6) is 0.598. The first-order chi connectivity index (χ1) is 8.60. The normalized spacial score (nSPS) is 25.3. The summed E-state index contributed by atoms with van der Waals surface area (Å²) >= 11 is 0. The Labute approximate surface area is 111 Å². The molecule has 0 amide bonds. The maximum Gasteiger partial charge on any atom is 0.0551 e. The average molecular weight is 247 g/mol. The van der Waals surface area contributed by atoms with Crippen molar-refractivity contribution >= 4 is 0 Å². The van der Waals surface area contributed by atoms with Crippen LogP contribution in [-0.4, -0.2) is 19.3 Å². The molecule has 3 unspecified atom stereocenters. The van der Waals surface area contributed by atoms with Crippen molar-refractivity contribution in [3.8, 4) is 0 Å². The molecule has 1 aromatic rings. The number of hydrogen-bond donors (Lipinski definition) is 1. The van der Waals surface area contributed by atoms with E-state index in [-0.39, 0.29) is 0 Å². The number of nitrogens with one attached hydrogen (secondary N) is 1. The number of ether oxygens (including phenoxy) is 1. The van der Waals surface area contributed by atoms with Gasteiger partial charge in [0.25, 0.3) is 0 Å². The Hall–Kier alpha value is -0.860. The van der Waals surface area contributed by atoms with E-state index in [9.17, 15) is 0 Å². The van der Waals surface area contributed by atoms with E-state index in [4.69, 9.17) is 4.74 Å². The molecular formula is C16H25NO. The third-order valence-corrected chi connectivity index (χ3v) is 3.73. The molecule has 100 valence electrons. The van der Waals surface area contributed by atoms with Gasteiger partial charge in [0, 0.05) is 12.0 Å². The third-order valence-electron chi connectivity index (χ3n) is 3.73. The molecule has 1 aliphatic rings. The fraction of sp³-hybridized carbons (Fsp3) is 0.625. The van der Waals surface area contributed by atoms with Crippen LogP contribution in [0.5, 0.6) is 0 Å². The molecule has 0 aliphatic carbocycles. The highest BCUT2D eigenvalue weighted by Gasteiger charge is 2.30. The van der Waals surface area contributed by atoms with Crippen molar-refractivity contribution in [1.82, 2.24) is 5.32 Å². The van der Waals surface area contributed by atoms with Gasteiger partial charge in [0.15, 0.2) is 0 Å². The quantitative estimate of drug-likeness (QED) is 0.880. The van der Waals surface area contributed by atoms with E-state index in [1.54, 1.807) is 0 Å². The molecule has 1 aliphatic heterocycles. The fourth-order valence-electron chi connectivity index (χ4n) is 3.05. The summed E-state index contributed by atoms with van der Waals surface area (Å²) in [4.78, 5) is 0. The zero-order valence-electron chi connectivity index (χ0n) is 12.0. The van der Waals surface area contributed by atoms with Crippen LogP contribution >= 0.6 is 0 Å². The second-order valence-corrected chi connectivity index (χ2v) is 5.60. The molecule has 1 heterocycles. The molecule has 1 aromatic carbocycles. The van der Waals surface area contributed by atoms with Gasteiger partial charge in [0.05, 0.1) is 12.7 Å². The van der Waals surface area contributed by atoms with Crippen molar-refractivity contribution in [2.75, 3.05) is 13.2 Å². The third kappa shape index (κ3) is 3.12. The lowest BCUT2D eigenvalue weighted by Crippen LogP contribution is -2.28. The number of aryl methyl sites for hydroxylation is 2. The molecule has 0 spiro atoms. The van der Waals surface area contributed by atoms with Crippen molar-refractivity contribution < 1.29 is 4.74 Å². The highest BCUT2D eigenvalue weighted by molar-refractivity contribution is 5.31. The van der Waals surface area contributed by atoms with E-state index in [1.165, 1.54) is 16.7 Å². The summed E-state index contributed by atoms with van der Waals surface area (Å²) in [5.41, 5.74) is 4.11. The average Bonchev–Trinajstić information content (AvgIpc) is 2.71. The molecular weight excluding hydrogens is 222 g/mol. The van der Waals surface area contributed by atoms with Crippen LogP contribution < -0.4 is 5.32 Å². The summed E-state index contributed by atoms with van der Waals surface area (Å²) in [7, 11) is 0. The van der Waals surface area contributed by atoms with Crippen molar-refractivity contribution in [1.29, 1.82) is 0 Å². The molecule has 1 saturated heterocycles. The predicted octanol–water partition coefficient (Wildman–Crippen LogP) is 3.38. The van der Waals surface area contributed by atoms with Gasteiger partial charge in [-0.1, -0.05) is 36.2 Å². The summed E-state index contributed by atoms with van der Waals surface area (Å²) in [6.07, 6.45) is 1.56. The summed E-state index contributed by atoms with van der Waals surface area (Å²) < 4.78 is 5.73. The summed E-state index contributed by atoms with van der Waals surface area (Å²) in [5, 5.41) is 3.64.